The molecule has 0 aliphatic heterocycles. The molecule has 1 N–H and O–H groups in total. The Bertz CT molecular complexity index is 676. The van der Waals surface area contributed by atoms with E-state index in [9.17, 15) is 14.7 Å². The number of benzene rings is 1. The van der Waals surface area contributed by atoms with Crippen molar-refractivity contribution in [2.24, 2.45) is 0 Å². The van der Waals surface area contributed by atoms with Gasteiger partial charge in [-0.15, -0.1) is 0 Å². The van der Waals surface area contributed by atoms with E-state index in [1.54, 1.807) is 25.1 Å². The van der Waals surface area contributed by atoms with Gasteiger partial charge in [-0.1, -0.05) is 46.6 Å². The summed E-state index contributed by atoms with van der Waals surface area (Å²) in [4.78, 5) is 24.2. The molecule has 0 atom stereocenters. The molecule has 1 aromatic carbocycles. The molecule has 0 amide bonds. The fourth-order valence-electron chi connectivity index (χ4n) is 2.87. The zero-order chi connectivity index (χ0) is 20.9. The summed E-state index contributed by atoms with van der Waals surface area (Å²) in [6.45, 7) is 8.82. The zero-order valence-corrected chi connectivity index (χ0v) is 17.7. The second-order valence-electron chi connectivity index (χ2n) is 6.75. The summed E-state index contributed by atoms with van der Waals surface area (Å²) in [5.74, 6) is -0.103. The van der Waals surface area contributed by atoms with E-state index in [0.717, 1.165) is 32.1 Å². The number of hydrogen-bond donors (Lipinski definition) is 1. The van der Waals surface area contributed by atoms with Gasteiger partial charge in [-0.2, -0.15) is 0 Å². The maximum absolute atomic E-state index is 12.4. The van der Waals surface area contributed by atoms with Crippen molar-refractivity contribution in [2.45, 2.75) is 72.6 Å². The van der Waals surface area contributed by atoms with Crippen LogP contribution in [0.25, 0.3) is 5.76 Å². The van der Waals surface area contributed by atoms with Crippen LogP contribution in [0, 0.1) is 0 Å². The van der Waals surface area contributed by atoms with E-state index in [4.69, 9.17) is 9.47 Å². The van der Waals surface area contributed by atoms with E-state index < -0.39 is 5.97 Å². The number of ether oxygens (including phenoxy) is 2. The standard InChI is InChI=1S/C23H34O5/c1-5-9-10-15-28-22(18(8-4)23(25)26)17-12-13-19(20(24)11-6-2)21(16-17)27-14-7-3/h12-13,16H,5-11,14-15H2,1-4H3,(H,25,26). The molecule has 0 saturated heterocycles. The van der Waals surface area contributed by atoms with E-state index in [1.807, 2.05) is 13.8 Å². The van der Waals surface area contributed by atoms with Gasteiger partial charge in [0.1, 0.15) is 11.5 Å². The number of carbonyl (C=O) groups is 2. The van der Waals surface area contributed by atoms with Crippen LogP contribution < -0.4 is 4.74 Å². The lowest BCUT2D eigenvalue weighted by Crippen LogP contribution is -2.09. The lowest BCUT2D eigenvalue weighted by molar-refractivity contribution is -0.132. The van der Waals surface area contributed by atoms with Crippen LogP contribution in [-0.4, -0.2) is 30.1 Å². The topological polar surface area (TPSA) is 72.8 Å². The van der Waals surface area contributed by atoms with Gasteiger partial charge >= 0.3 is 5.97 Å². The van der Waals surface area contributed by atoms with Crippen molar-refractivity contribution in [3.63, 3.8) is 0 Å². The van der Waals surface area contributed by atoms with Crippen LogP contribution in [0.5, 0.6) is 5.75 Å². The molecule has 5 heteroatoms. The van der Waals surface area contributed by atoms with Gasteiger partial charge in [-0.25, -0.2) is 4.79 Å². The second-order valence-corrected chi connectivity index (χ2v) is 6.75. The number of carboxylic acid groups (broad SMARTS) is 1. The van der Waals surface area contributed by atoms with Gasteiger partial charge in [0.05, 0.1) is 24.4 Å². The molecule has 0 aliphatic carbocycles. The Morgan fingerprint density at radius 1 is 0.964 bits per heavy atom. The molecule has 1 rings (SSSR count). The van der Waals surface area contributed by atoms with E-state index in [-0.39, 0.29) is 11.4 Å². The second kappa shape index (κ2) is 13.0. The van der Waals surface area contributed by atoms with Crippen molar-refractivity contribution in [1.82, 2.24) is 0 Å². The maximum Gasteiger partial charge on any atom is 0.335 e. The van der Waals surface area contributed by atoms with Crippen molar-refractivity contribution in [1.29, 1.82) is 0 Å². The van der Waals surface area contributed by atoms with Gasteiger partial charge in [0.25, 0.3) is 0 Å². The first-order valence-electron chi connectivity index (χ1n) is 10.4. The number of carboxylic acids is 1. The van der Waals surface area contributed by atoms with Gasteiger partial charge in [-0.05, 0) is 37.8 Å². The Balaban J connectivity index is 3.34. The Morgan fingerprint density at radius 2 is 1.71 bits per heavy atom. The van der Waals surface area contributed by atoms with Crippen LogP contribution in [0.1, 0.15) is 88.6 Å². The Labute approximate surface area is 168 Å². The fraction of sp³-hybridized carbons (Fsp3) is 0.565. The van der Waals surface area contributed by atoms with Crippen molar-refractivity contribution in [3.8, 4) is 5.75 Å². The highest BCUT2D eigenvalue weighted by Crippen LogP contribution is 2.30. The highest BCUT2D eigenvalue weighted by molar-refractivity contribution is 6.00. The van der Waals surface area contributed by atoms with Crippen molar-refractivity contribution in [3.05, 3.63) is 34.9 Å². The van der Waals surface area contributed by atoms with Crippen LogP contribution >= 0.6 is 0 Å². The van der Waals surface area contributed by atoms with Crippen LogP contribution in [0.3, 0.4) is 0 Å². The Kier molecular flexibility index (Phi) is 11.0. The third-order valence-electron chi connectivity index (χ3n) is 4.36. The highest BCUT2D eigenvalue weighted by atomic mass is 16.5. The predicted octanol–water partition coefficient (Wildman–Crippen LogP) is 5.87. The van der Waals surface area contributed by atoms with Crippen molar-refractivity contribution >= 4 is 17.5 Å². The minimum absolute atomic E-state index is 0.0310. The van der Waals surface area contributed by atoms with Crippen LogP contribution in [0.2, 0.25) is 0 Å². The number of ketones is 1. The summed E-state index contributed by atoms with van der Waals surface area (Å²) in [7, 11) is 0. The number of aliphatic carboxylic acids is 1. The van der Waals surface area contributed by atoms with Gasteiger partial charge in [-0.3, -0.25) is 4.79 Å². The normalized spacial score (nSPS) is 11.7. The smallest absolute Gasteiger partial charge is 0.335 e. The molecule has 0 aliphatic rings. The third kappa shape index (κ3) is 7.02. The number of unbranched alkanes of at least 4 members (excludes halogenated alkanes) is 2. The maximum atomic E-state index is 12.4. The lowest BCUT2D eigenvalue weighted by atomic mass is 10.0. The zero-order valence-electron chi connectivity index (χ0n) is 17.7. The monoisotopic (exact) mass is 390 g/mol. The molecule has 0 unspecified atom stereocenters. The molecule has 0 spiro atoms. The van der Waals surface area contributed by atoms with E-state index >= 15 is 0 Å². The van der Waals surface area contributed by atoms with Gasteiger partial charge in [0.2, 0.25) is 0 Å². The number of carbonyl (C=O) groups excluding carboxylic acids is 1. The van der Waals surface area contributed by atoms with Crippen molar-refractivity contribution < 1.29 is 24.2 Å². The number of Topliss-reactive ketones (excluding diaryl/α,β-unsaturated/α-hetero) is 1. The molecule has 28 heavy (non-hydrogen) atoms. The van der Waals surface area contributed by atoms with E-state index in [2.05, 4.69) is 6.92 Å². The molecule has 5 nitrogen and oxygen atoms in total. The molecule has 156 valence electrons. The Hall–Kier alpha value is -2.30. The van der Waals surface area contributed by atoms with Crippen molar-refractivity contribution in [2.75, 3.05) is 13.2 Å². The summed E-state index contributed by atoms with van der Waals surface area (Å²) >= 11 is 0. The molecule has 0 bridgehead atoms. The van der Waals surface area contributed by atoms with Gasteiger partial charge < -0.3 is 14.6 Å². The SMILES string of the molecule is CCCCCOC(=C(CC)C(=O)O)c1ccc(C(=O)CCC)c(OCCC)c1. The molecule has 1 aromatic rings. The minimum Gasteiger partial charge on any atom is -0.493 e. The molecule has 0 heterocycles. The number of rotatable bonds is 14. The number of hydrogen-bond acceptors (Lipinski definition) is 4. The average Bonchev–Trinajstić information content (AvgIpc) is 2.68. The van der Waals surface area contributed by atoms with Crippen LogP contribution in [0.4, 0.5) is 0 Å². The van der Waals surface area contributed by atoms with Crippen LogP contribution in [0.15, 0.2) is 23.8 Å². The molecular weight excluding hydrogens is 356 g/mol. The predicted molar refractivity (Wildman–Crippen MR) is 112 cm³/mol. The molecule has 0 saturated carbocycles. The van der Waals surface area contributed by atoms with Gasteiger partial charge in [0, 0.05) is 12.0 Å². The lowest BCUT2D eigenvalue weighted by Gasteiger charge is -2.17. The minimum atomic E-state index is -0.991. The van der Waals surface area contributed by atoms with Gasteiger partial charge in [0.15, 0.2) is 5.78 Å². The first-order valence-corrected chi connectivity index (χ1v) is 10.4. The highest BCUT2D eigenvalue weighted by Gasteiger charge is 2.19. The first-order chi connectivity index (χ1) is 13.5. The largest absolute Gasteiger partial charge is 0.493 e. The summed E-state index contributed by atoms with van der Waals surface area (Å²) in [5.41, 5.74) is 1.40. The van der Waals surface area contributed by atoms with E-state index in [0.29, 0.717) is 48.7 Å². The van der Waals surface area contributed by atoms with Crippen LogP contribution in [-0.2, 0) is 9.53 Å². The quantitative estimate of drug-likeness (QED) is 0.186. The Morgan fingerprint density at radius 3 is 2.29 bits per heavy atom. The average molecular weight is 391 g/mol. The molecule has 0 fully saturated rings. The molecular formula is C23H34O5. The fourth-order valence-corrected chi connectivity index (χ4v) is 2.87. The first kappa shape index (κ1) is 23.7. The third-order valence-corrected chi connectivity index (χ3v) is 4.36. The summed E-state index contributed by atoms with van der Waals surface area (Å²) in [6, 6.07) is 5.23. The molecule has 0 radical (unpaired) electrons. The summed E-state index contributed by atoms with van der Waals surface area (Å²) < 4.78 is 11.7. The molecule has 0 aromatic heterocycles. The van der Waals surface area contributed by atoms with E-state index in [1.165, 1.54) is 0 Å². The summed E-state index contributed by atoms with van der Waals surface area (Å²) in [6.07, 6.45) is 5.33. The summed E-state index contributed by atoms with van der Waals surface area (Å²) in [5, 5.41) is 9.61.